The van der Waals surface area contributed by atoms with Crippen molar-refractivity contribution in [3.63, 3.8) is 0 Å². The molecule has 2 rings (SSSR count). The van der Waals surface area contributed by atoms with Crippen LogP contribution in [0, 0.1) is 0 Å². The molecule has 1 aliphatic rings. The Morgan fingerprint density at radius 1 is 1.33 bits per heavy atom. The van der Waals surface area contributed by atoms with E-state index in [4.69, 9.17) is 0 Å². The zero-order valence-electron chi connectivity index (χ0n) is 8.82. The molecule has 0 atom stereocenters. The molecular weight excluding hydrogens is 217 g/mol. The molecule has 1 aromatic rings. The van der Waals surface area contributed by atoms with Crippen LogP contribution in [0.1, 0.15) is 11.1 Å². The summed E-state index contributed by atoms with van der Waals surface area (Å²) < 4.78 is 0. The zero-order chi connectivity index (χ0) is 9.97. The molecule has 0 saturated heterocycles. The number of rotatable bonds is 3. The van der Waals surface area contributed by atoms with Crippen LogP contribution in [0.15, 0.2) is 24.3 Å². The first-order valence-electron chi connectivity index (χ1n) is 4.75. The summed E-state index contributed by atoms with van der Waals surface area (Å²) in [5.41, 5.74) is 2.65. The number of carboxylic acids is 1. The summed E-state index contributed by atoms with van der Waals surface area (Å²) in [6, 6.07) is 8.47. The monoisotopic (exact) mass is 229 g/mol. The van der Waals surface area contributed by atoms with Gasteiger partial charge in [-0.15, -0.1) is 0 Å². The smallest absolute Gasteiger partial charge is 0.549 e. The van der Waals surface area contributed by atoms with Crippen LogP contribution in [0.2, 0.25) is 0 Å². The third-order valence-electron chi connectivity index (χ3n) is 2.59. The number of carbonyl (C=O) groups excluding carboxylic acids is 1. The second-order valence-corrected chi connectivity index (χ2v) is 3.63. The zero-order valence-corrected chi connectivity index (χ0v) is 11.9. The molecule has 1 aliphatic carbocycles. The van der Waals surface area contributed by atoms with Crippen LogP contribution in [-0.4, -0.2) is 18.6 Å². The van der Waals surface area contributed by atoms with Crippen LogP contribution < -0.4 is 61.8 Å². The van der Waals surface area contributed by atoms with Gasteiger partial charge >= 0.3 is 51.4 Å². The van der Waals surface area contributed by atoms with Gasteiger partial charge in [0.05, 0.1) is 5.97 Å². The first-order valence-corrected chi connectivity index (χ1v) is 4.75. The van der Waals surface area contributed by atoms with Crippen molar-refractivity contribution in [1.29, 1.82) is 0 Å². The Hall–Kier alpha value is 0.286. The number of carbonyl (C=O) groups is 1. The van der Waals surface area contributed by atoms with Gasteiger partial charge in [-0.25, -0.2) is 0 Å². The van der Waals surface area contributed by atoms with Crippen LogP contribution in [0.5, 0.6) is 0 Å². The molecule has 15 heavy (non-hydrogen) atoms. The second kappa shape index (κ2) is 6.13. The third-order valence-corrected chi connectivity index (χ3v) is 2.59. The minimum atomic E-state index is -1.04. The Bertz CT molecular complexity index is 329. The van der Waals surface area contributed by atoms with Gasteiger partial charge in [-0.05, 0) is 24.0 Å². The van der Waals surface area contributed by atoms with Gasteiger partial charge in [0.25, 0.3) is 0 Å². The van der Waals surface area contributed by atoms with Crippen molar-refractivity contribution in [1.82, 2.24) is 5.32 Å². The molecule has 0 aromatic heterocycles. The number of carboxylic acid groups (broad SMARTS) is 1. The van der Waals surface area contributed by atoms with Gasteiger partial charge in [0, 0.05) is 12.6 Å². The summed E-state index contributed by atoms with van der Waals surface area (Å²) in [6.45, 7) is -0.0569. The SMILES string of the molecule is O=C([O-])CNC1Cc2ccccc2C1.[K+]. The van der Waals surface area contributed by atoms with Gasteiger partial charge in [-0.1, -0.05) is 24.3 Å². The molecule has 0 saturated carbocycles. The number of fused-ring (bicyclic) bond motifs is 1. The van der Waals surface area contributed by atoms with Gasteiger partial charge < -0.3 is 15.2 Å². The molecule has 4 heteroatoms. The van der Waals surface area contributed by atoms with Crippen molar-refractivity contribution in [3.8, 4) is 0 Å². The molecule has 0 fully saturated rings. The maximum atomic E-state index is 10.3. The molecule has 0 spiro atoms. The quantitative estimate of drug-likeness (QED) is 0.547. The third kappa shape index (κ3) is 3.66. The van der Waals surface area contributed by atoms with Crippen molar-refractivity contribution >= 4 is 5.97 Å². The van der Waals surface area contributed by atoms with Crippen molar-refractivity contribution in [3.05, 3.63) is 35.4 Å². The average Bonchev–Trinajstić information content (AvgIpc) is 2.57. The van der Waals surface area contributed by atoms with E-state index in [0.29, 0.717) is 0 Å². The standard InChI is InChI=1S/C11H13NO2.K/c13-11(14)7-12-10-5-8-3-1-2-4-9(8)6-10;/h1-4,10,12H,5-7H2,(H,13,14);/q;+1/p-1. The van der Waals surface area contributed by atoms with E-state index >= 15 is 0 Å². The van der Waals surface area contributed by atoms with E-state index in [9.17, 15) is 9.90 Å². The normalized spacial score (nSPS) is 14.4. The molecule has 0 amide bonds. The Kier molecular flexibility index (Phi) is 5.45. The molecule has 0 radical (unpaired) electrons. The van der Waals surface area contributed by atoms with Crippen molar-refractivity contribution in [2.45, 2.75) is 18.9 Å². The molecule has 1 aromatic carbocycles. The topological polar surface area (TPSA) is 52.2 Å². The Balaban J connectivity index is 0.00000112. The van der Waals surface area contributed by atoms with Gasteiger partial charge in [0.1, 0.15) is 0 Å². The molecule has 74 valence electrons. The number of hydrogen-bond donors (Lipinski definition) is 1. The molecule has 0 aliphatic heterocycles. The first kappa shape index (κ1) is 13.4. The number of aliphatic carboxylic acids is 1. The first-order chi connectivity index (χ1) is 6.75. The molecule has 0 unspecified atom stereocenters. The fraction of sp³-hybridized carbons (Fsp3) is 0.364. The van der Waals surface area contributed by atoms with E-state index in [1.165, 1.54) is 11.1 Å². The van der Waals surface area contributed by atoms with E-state index in [1.807, 2.05) is 12.1 Å². The summed E-state index contributed by atoms with van der Waals surface area (Å²) in [5, 5.41) is 13.2. The van der Waals surface area contributed by atoms with E-state index in [0.717, 1.165) is 12.8 Å². The fourth-order valence-corrected chi connectivity index (χ4v) is 1.93. The van der Waals surface area contributed by atoms with Gasteiger partial charge in [0.15, 0.2) is 0 Å². The van der Waals surface area contributed by atoms with Crippen LogP contribution in [-0.2, 0) is 17.6 Å². The summed E-state index contributed by atoms with van der Waals surface area (Å²) in [4.78, 5) is 10.3. The molecule has 0 bridgehead atoms. The summed E-state index contributed by atoms with van der Waals surface area (Å²) in [5.74, 6) is -1.04. The predicted octanol–water partition coefficient (Wildman–Crippen LogP) is -3.50. The molecular formula is C11H12KNO2. The molecule has 1 N–H and O–H groups in total. The molecule has 3 nitrogen and oxygen atoms in total. The van der Waals surface area contributed by atoms with Crippen LogP contribution in [0.4, 0.5) is 0 Å². The van der Waals surface area contributed by atoms with Crippen LogP contribution in [0.3, 0.4) is 0 Å². The Morgan fingerprint density at radius 3 is 2.33 bits per heavy atom. The Morgan fingerprint density at radius 2 is 1.87 bits per heavy atom. The van der Waals surface area contributed by atoms with Crippen molar-refractivity contribution in [2.24, 2.45) is 0 Å². The van der Waals surface area contributed by atoms with Crippen molar-refractivity contribution in [2.75, 3.05) is 6.54 Å². The second-order valence-electron chi connectivity index (χ2n) is 3.63. The predicted molar refractivity (Wildman–Crippen MR) is 50.6 cm³/mol. The maximum Gasteiger partial charge on any atom is 1.00 e. The summed E-state index contributed by atoms with van der Waals surface area (Å²) in [7, 11) is 0. The van der Waals surface area contributed by atoms with E-state index in [1.54, 1.807) is 0 Å². The van der Waals surface area contributed by atoms with Crippen LogP contribution in [0.25, 0.3) is 0 Å². The summed E-state index contributed by atoms with van der Waals surface area (Å²) >= 11 is 0. The van der Waals surface area contributed by atoms with E-state index < -0.39 is 5.97 Å². The van der Waals surface area contributed by atoms with Gasteiger partial charge in [0.2, 0.25) is 0 Å². The molecule has 0 heterocycles. The largest absolute Gasteiger partial charge is 1.00 e. The number of nitrogens with one attached hydrogen (secondary N) is 1. The van der Waals surface area contributed by atoms with Crippen LogP contribution >= 0.6 is 0 Å². The Labute approximate surface area is 132 Å². The fourth-order valence-electron chi connectivity index (χ4n) is 1.93. The van der Waals surface area contributed by atoms with Crippen molar-refractivity contribution < 1.29 is 61.3 Å². The van der Waals surface area contributed by atoms with E-state index in [-0.39, 0.29) is 64.0 Å². The van der Waals surface area contributed by atoms with Gasteiger partial charge in [-0.2, -0.15) is 0 Å². The average molecular weight is 229 g/mol. The summed E-state index contributed by atoms with van der Waals surface area (Å²) in [6.07, 6.45) is 1.84. The van der Waals surface area contributed by atoms with Gasteiger partial charge in [-0.3, -0.25) is 0 Å². The van der Waals surface area contributed by atoms with E-state index in [2.05, 4.69) is 17.4 Å². The maximum absolute atomic E-state index is 10.3. The minimum Gasteiger partial charge on any atom is -0.549 e. The number of benzene rings is 1. The minimum absolute atomic E-state index is 0. The number of hydrogen-bond acceptors (Lipinski definition) is 3.